The van der Waals surface area contributed by atoms with Gasteiger partial charge in [0, 0.05) is 35.5 Å². The molecule has 0 aliphatic carbocycles. The van der Waals surface area contributed by atoms with Crippen LogP contribution < -0.4 is 5.32 Å². The van der Waals surface area contributed by atoms with Crippen molar-refractivity contribution < 1.29 is 9.90 Å². The third-order valence-corrected chi connectivity index (χ3v) is 8.50. The first-order valence-corrected chi connectivity index (χ1v) is 13.6. The molecule has 2 atom stereocenters. The van der Waals surface area contributed by atoms with Crippen LogP contribution in [0.3, 0.4) is 0 Å². The molecule has 4 rings (SSSR count). The van der Waals surface area contributed by atoms with Crippen LogP contribution in [0.5, 0.6) is 0 Å². The lowest BCUT2D eigenvalue weighted by Gasteiger charge is -2.51. The molecular formula is C26H37ClN4O2S. The molecule has 8 heteroatoms. The van der Waals surface area contributed by atoms with Gasteiger partial charge in [-0.2, -0.15) is 0 Å². The molecule has 0 radical (unpaired) electrons. The first-order chi connectivity index (χ1) is 16.1. The smallest absolute Gasteiger partial charge is 0.245 e. The predicted octanol–water partition coefficient (Wildman–Crippen LogP) is 4.98. The standard InChI is InChI=1S/C26H37ClN4O2S/c1-18(2)22(29-24-28-21(16-34-24)15-30-12-5-6-13-30)23(32)31-14-11-26(33,25(3,4)17-31)19-7-9-20(27)10-8-19/h7-10,16,18,22,33H,5-6,11-15,17H2,1-4H3,(H,28,29)/t22-,26+/m1/s1. The number of benzene rings is 1. The van der Waals surface area contributed by atoms with Gasteiger partial charge in [0.15, 0.2) is 5.13 Å². The molecule has 0 bridgehead atoms. The van der Waals surface area contributed by atoms with Gasteiger partial charge in [-0.05, 0) is 56.0 Å². The van der Waals surface area contributed by atoms with Gasteiger partial charge in [-0.25, -0.2) is 4.98 Å². The van der Waals surface area contributed by atoms with E-state index in [-0.39, 0.29) is 17.9 Å². The maximum Gasteiger partial charge on any atom is 0.245 e. The van der Waals surface area contributed by atoms with Crippen LogP contribution >= 0.6 is 22.9 Å². The Kier molecular flexibility index (Phi) is 7.58. The molecule has 2 aliphatic rings. The van der Waals surface area contributed by atoms with Crippen LogP contribution in [0.4, 0.5) is 5.13 Å². The number of nitrogens with one attached hydrogen (secondary N) is 1. The molecule has 2 fully saturated rings. The van der Waals surface area contributed by atoms with Gasteiger partial charge in [-0.15, -0.1) is 11.3 Å². The fraction of sp³-hybridized carbons (Fsp3) is 0.615. The Morgan fingerprint density at radius 3 is 2.50 bits per heavy atom. The molecule has 3 heterocycles. The number of amides is 1. The fourth-order valence-corrected chi connectivity index (χ4v) is 6.10. The van der Waals surface area contributed by atoms with E-state index in [4.69, 9.17) is 16.6 Å². The molecule has 2 saturated heterocycles. The summed E-state index contributed by atoms with van der Waals surface area (Å²) in [4.78, 5) is 22.7. The van der Waals surface area contributed by atoms with Crippen molar-refractivity contribution in [3.8, 4) is 0 Å². The number of carbonyl (C=O) groups excluding carboxylic acids is 1. The van der Waals surface area contributed by atoms with E-state index >= 15 is 0 Å². The normalized spacial score (nSPS) is 23.9. The van der Waals surface area contributed by atoms with Gasteiger partial charge in [0.25, 0.3) is 0 Å². The van der Waals surface area contributed by atoms with E-state index in [1.54, 1.807) is 11.3 Å². The number of carbonyl (C=O) groups is 1. The number of hydrogen-bond acceptors (Lipinski definition) is 6. The predicted molar refractivity (Wildman–Crippen MR) is 139 cm³/mol. The summed E-state index contributed by atoms with van der Waals surface area (Å²) in [5.41, 5.74) is 0.382. The van der Waals surface area contributed by atoms with Gasteiger partial charge in [-0.1, -0.05) is 51.4 Å². The lowest BCUT2D eigenvalue weighted by atomic mass is 9.66. The SMILES string of the molecule is CC(C)[C@@H](Nc1nc(CN2CCCC2)cs1)C(=O)N1CC[C@](O)(c2ccc(Cl)cc2)C(C)(C)C1. The summed E-state index contributed by atoms with van der Waals surface area (Å²) < 4.78 is 0. The molecular weight excluding hydrogens is 468 g/mol. The van der Waals surface area contributed by atoms with Gasteiger partial charge in [-0.3, -0.25) is 9.69 Å². The van der Waals surface area contributed by atoms with Crippen molar-refractivity contribution in [2.24, 2.45) is 11.3 Å². The van der Waals surface area contributed by atoms with Crippen molar-refractivity contribution >= 4 is 34.0 Å². The van der Waals surface area contributed by atoms with E-state index in [0.29, 0.717) is 24.5 Å². The van der Waals surface area contributed by atoms with Crippen molar-refractivity contribution in [2.75, 3.05) is 31.5 Å². The minimum Gasteiger partial charge on any atom is -0.384 e. The molecule has 1 aromatic carbocycles. The Balaban J connectivity index is 1.44. The highest BCUT2D eigenvalue weighted by molar-refractivity contribution is 7.13. The van der Waals surface area contributed by atoms with Crippen molar-refractivity contribution in [1.82, 2.24) is 14.8 Å². The Morgan fingerprint density at radius 2 is 1.88 bits per heavy atom. The zero-order chi connectivity index (χ0) is 24.5. The van der Waals surface area contributed by atoms with Gasteiger partial charge in [0.05, 0.1) is 11.3 Å². The lowest BCUT2D eigenvalue weighted by molar-refractivity contribution is -0.154. The summed E-state index contributed by atoms with van der Waals surface area (Å²) in [5.74, 6) is 0.177. The summed E-state index contributed by atoms with van der Waals surface area (Å²) in [6.45, 7) is 12.3. The quantitative estimate of drug-likeness (QED) is 0.556. The van der Waals surface area contributed by atoms with E-state index < -0.39 is 11.0 Å². The molecule has 2 N–H and O–H groups in total. The van der Waals surface area contributed by atoms with Gasteiger partial charge >= 0.3 is 0 Å². The highest BCUT2D eigenvalue weighted by Crippen LogP contribution is 2.46. The summed E-state index contributed by atoms with van der Waals surface area (Å²) in [5, 5.41) is 18.6. The highest BCUT2D eigenvalue weighted by atomic mass is 35.5. The van der Waals surface area contributed by atoms with Crippen LogP contribution in [0.25, 0.3) is 0 Å². The molecule has 186 valence electrons. The number of aliphatic hydroxyl groups is 1. The minimum atomic E-state index is -1.02. The van der Waals surface area contributed by atoms with Crippen molar-refractivity contribution in [3.63, 3.8) is 0 Å². The van der Waals surface area contributed by atoms with Crippen molar-refractivity contribution in [3.05, 3.63) is 45.9 Å². The summed E-state index contributed by atoms with van der Waals surface area (Å²) in [7, 11) is 0. The molecule has 34 heavy (non-hydrogen) atoms. The van der Waals surface area contributed by atoms with E-state index in [0.717, 1.165) is 36.0 Å². The van der Waals surface area contributed by atoms with Crippen LogP contribution in [0.15, 0.2) is 29.6 Å². The molecule has 1 amide bonds. The number of rotatable bonds is 7. The Labute approximate surface area is 212 Å². The van der Waals surface area contributed by atoms with Crippen LogP contribution in [-0.2, 0) is 16.9 Å². The number of anilines is 1. The summed E-state index contributed by atoms with van der Waals surface area (Å²) in [6.07, 6.45) is 3.01. The number of likely N-dealkylation sites (tertiary alicyclic amines) is 2. The largest absolute Gasteiger partial charge is 0.384 e. The third-order valence-electron chi connectivity index (χ3n) is 7.43. The second-order valence-corrected chi connectivity index (χ2v) is 12.0. The number of aromatic nitrogens is 1. The molecule has 1 aromatic heterocycles. The monoisotopic (exact) mass is 504 g/mol. The first kappa shape index (κ1) is 25.4. The Bertz CT molecular complexity index is 987. The van der Waals surface area contributed by atoms with Gasteiger partial charge in [0.1, 0.15) is 6.04 Å². The highest BCUT2D eigenvalue weighted by Gasteiger charge is 2.50. The first-order valence-electron chi connectivity index (χ1n) is 12.3. The van der Waals surface area contributed by atoms with Crippen LogP contribution in [0, 0.1) is 11.3 Å². The molecule has 2 aliphatic heterocycles. The van der Waals surface area contributed by atoms with Gasteiger partial charge in [0.2, 0.25) is 5.91 Å². The summed E-state index contributed by atoms with van der Waals surface area (Å²) in [6, 6.07) is 7.05. The second kappa shape index (κ2) is 10.1. The number of nitrogens with zero attached hydrogens (tertiary/aromatic N) is 3. The zero-order valence-electron chi connectivity index (χ0n) is 20.7. The lowest BCUT2D eigenvalue weighted by Crippen LogP contribution is -2.59. The Hall–Kier alpha value is -1.67. The van der Waals surface area contributed by atoms with Crippen LogP contribution in [0.1, 0.15) is 58.2 Å². The topological polar surface area (TPSA) is 68.7 Å². The van der Waals surface area contributed by atoms with E-state index in [9.17, 15) is 9.90 Å². The molecule has 0 spiro atoms. The average molecular weight is 505 g/mol. The third kappa shape index (κ3) is 5.27. The molecule has 2 aromatic rings. The van der Waals surface area contributed by atoms with E-state index in [2.05, 4.69) is 29.4 Å². The minimum absolute atomic E-state index is 0.0672. The average Bonchev–Trinajstić information content (AvgIpc) is 3.46. The molecule has 0 saturated carbocycles. The van der Waals surface area contributed by atoms with Crippen LogP contribution in [-0.4, -0.2) is 58.0 Å². The van der Waals surface area contributed by atoms with Crippen molar-refractivity contribution in [2.45, 2.75) is 65.1 Å². The Morgan fingerprint density at radius 1 is 1.21 bits per heavy atom. The fourth-order valence-electron chi connectivity index (χ4n) is 5.23. The summed E-state index contributed by atoms with van der Waals surface area (Å²) >= 11 is 7.63. The molecule has 0 unspecified atom stereocenters. The van der Waals surface area contributed by atoms with E-state index in [1.165, 1.54) is 12.8 Å². The second-order valence-electron chi connectivity index (χ2n) is 10.8. The van der Waals surface area contributed by atoms with Crippen molar-refractivity contribution in [1.29, 1.82) is 0 Å². The number of halogens is 1. The maximum atomic E-state index is 13.6. The van der Waals surface area contributed by atoms with Crippen LogP contribution in [0.2, 0.25) is 5.02 Å². The van der Waals surface area contributed by atoms with Gasteiger partial charge < -0.3 is 15.3 Å². The van der Waals surface area contributed by atoms with E-state index in [1.807, 2.05) is 43.0 Å². The number of thiazole rings is 1. The number of hydrogen-bond donors (Lipinski definition) is 2. The molecule has 6 nitrogen and oxygen atoms in total. The zero-order valence-corrected chi connectivity index (χ0v) is 22.3. The number of piperidine rings is 1. The maximum absolute atomic E-state index is 13.6.